The summed E-state index contributed by atoms with van der Waals surface area (Å²) in [5, 5.41) is 10.6. The van der Waals surface area contributed by atoms with Gasteiger partial charge in [-0.3, -0.25) is 14.9 Å². The molecule has 0 aliphatic heterocycles. The number of para-hydroxylation sites is 1. The molecule has 6 aromatic rings. The van der Waals surface area contributed by atoms with Gasteiger partial charge < -0.3 is 19.9 Å². The van der Waals surface area contributed by atoms with Crippen molar-refractivity contribution >= 4 is 33.7 Å². The summed E-state index contributed by atoms with van der Waals surface area (Å²) < 4.78 is 20.5. The molecule has 0 radical (unpaired) electrons. The molecule has 0 unspecified atom stereocenters. The maximum Gasteiger partial charge on any atom is 0.227 e. The number of amides is 1. The standard InChI is InChI=1S/C33H31FN8O2/c1-42(2)11-12-44-24-15-20(13-22(34)16-24)25-7-4-8-27-29(25)39-32(38-27)31-30-28(40-41-31)10-9-26(37-30)21-14-23(18-35-17-21)36-33(43)19-5-3-6-19/h4,7-10,13-19H,3,5-6,11-12H2,1-2H3,(H,36,43)(H,38,39)(H,40,41). The van der Waals surface area contributed by atoms with Crippen LogP contribution in [0.4, 0.5) is 10.1 Å². The van der Waals surface area contributed by atoms with E-state index in [2.05, 4.69) is 25.5 Å². The molecule has 10 nitrogen and oxygen atoms in total. The zero-order valence-electron chi connectivity index (χ0n) is 24.4. The van der Waals surface area contributed by atoms with Crippen LogP contribution in [0.15, 0.2) is 67.0 Å². The Kier molecular flexibility index (Phi) is 7.23. The smallest absolute Gasteiger partial charge is 0.227 e. The fraction of sp³-hybridized carbons (Fsp3) is 0.242. The number of nitrogens with zero attached hydrogens (tertiary/aromatic N) is 5. The van der Waals surface area contributed by atoms with Crippen LogP contribution in [-0.4, -0.2) is 68.2 Å². The average Bonchev–Trinajstić information content (AvgIpc) is 3.59. The highest BCUT2D eigenvalue weighted by molar-refractivity contribution is 5.97. The van der Waals surface area contributed by atoms with Gasteiger partial charge in [-0.25, -0.2) is 14.4 Å². The van der Waals surface area contributed by atoms with Gasteiger partial charge in [-0.2, -0.15) is 5.10 Å². The number of aromatic nitrogens is 6. The summed E-state index contributed by atoms with van der Waals surface area (Å²) in [6, 6.07) is 16.1. The lowest BCUT2D eigenvalue weighted by atomic mass is 9.85. The molecule has 11 heteroatoms. The molecule has 4 aromatic heterocycles. The third-order valence-electron chi connectivity index (χ3n) is 7.91. The van der Waals surface area contributed by atoms with Crippen LogP contribution >= 0.6 is 0 Å². The van der Waals surface area contributed by atoms with Gasteiger partial charge >= 0.3 is 0 Å². The van der Waals surface area contributed by atoms with E-state index < -0.39 is 0 Å². The van der Waals surface area contributed by atoms with Crippen LogP contribution in [0.25, 0.3) is 56.0 Å². The van der Waals surface area contributed by atoms with Crippen LogP contribution < -0.4 is 10.1 Å². The van der Waals surface area contributed by atoms with Crippen molar-refractivity contribution in [1.29, 1.82) is 0 Å². The number of imidazole rings is 1. The first-order valence-corrected chi connectivity index (χ1v) is 14.6. The van der Waals surface area contributed by atoms with Crippen LogP contribution in [-0.2, 0) is 4.79 Å². The summed E-state index contributed by atoms with van der Waals surface area (Å²) >= 11 is 0. The average molecular weight is 591 g/mol. The van der Waals surface area contributed by atoms with Gasteiger partial charge in [-0.1, -0.05) is 18.6 Å². The second kappa shape index (κ2) is 11.5. The minimum atomic E-state index is -0.383. The number of pyridine rings is 2. The minimum absolute atomic E-state index is 0.0336. The third kappa shape index (κ3) is 5.49. The number of aromatic amines is 2. The van der Waals surface area contributed by atoms with Crippen molar-refractivity contribution in [2.24, 2.45) is 5.92 Å². The number of nitrogens with one attached hydrogen (secondary N) is 3. The SMILES string of the molecule is CN(C)CCOc1cc(F)cc(-c2cccc3[nH]c(-c4n[nH]c5ccc(-c6cncc(NC(=O)C7CCC7)c6)nc45)nc23)c1. The second-order valence-corrected chi connectivity index (χ2v) is 11.4. The molecule has 44 heavy (non-hydrogen) atoms. The molecule has 7 rings (SSSR count). The number of H-pyrrole nitrogens is 2. The maximum atomic E-state index is 14.7. The zero-order valence-corrected chi connectivity index (χ0v) is 24.4. The fourth-order valence-electron chi connectivity index (χ4n) is 5.31. The number of fused-ring (bicyclic) bond motifs is 2. The van der Waals surface area contributed by atoms with Gasteiger partial charge in [0, 0.05) is 35.9 Å². The molecule has 2 aromatic carbocycles. The van der Waals surface area contributed by atoms with Crippen molar-refractivity contribution < 1.29 is 13.9 Å². The number of hydrogen-bond acceptors (Lipinski definition) is 7. The number of ether oxygens (including phenoxy) is 1. The van der Waals surface area contributed by atoms with E-state index in [-0.39, 0.29) is 17.6 Å². The summed E-state index contributed by atoms with van der Waals surface area (Å²) in [7, 11) is 3.92. The maximum absolute atomic E-state index is 14.7. The molecule has 1 aliphatic carbocycles. The van der Waals surface area contributed by atoms with E-state index in [0.717, 1.165) is 48.0 Å². The van der Waals surface area contributed by atoms with Crippen LogP contribution in [0, 0.1) is 11.7 Å². The summed E-state index contributed by atoms with van der Waals surface area (Å²) in [6.07, 6.45) is 6.32. The van der Waals surface area contributed by atoms with Crippen LogP contribution in [0.5, 0.6) is 5.75 Å². The summed E-state index contributed by atoms with van der Waals surface area (Å²) in [5.41, 5.74) is 6.92. The molecule has 4 heterocycles. The Hall–Kier alpha value is -5.16. The Morgan fingerprint density at radius 2 is 1.91 bits per heavy atom. The highest BCUT2D eigenvalue weighted by atomic mass is 19.1. The van der Waals surface area contributed by atoms with Crippen molar-refractivity contribution in [3.05, 3.63) is 72.8 Å². The van der Waals surface area contributed by atoms with E-state index >= 15 is 0 Å². The lowest BCUT2D eigenvalue weighted by Crippen LogP contribution is -2.28. The second-order valence-electron chi connectivity index (χ2n) is 11.4. The lowest BCUT2D eigenvalue weighted by Gasteiger charge is -2.24. The fourth-order valence-corrected chi connectivity index (χ4v) is 5.31. The molecular formula is C33H31FN8O2. The monoisotopic (exact) mass is 590 g/mol. The number of anilines is 1. The number of benzene rings is 2. The van der Waals surface area contributed by atoms with Crippen molar-refractivity contribution in [1.82, 2.24) is 35.0 Å². The lowest BCUT2D eigenvalue weighted by molar-refractivity contribution is -0.122. The minimum Gasteiger partial charge on any atom is -0.492 e. The Morgan fingerprint density at radius 3 is 2.73 bits per heavy atom. The molecule has 0 atom stereocenters. The number of carbonyl (C=O) groups is 1. The van der Waals surface area contributed by atoms with Gasteiger partial charge in [0.25, 0.3) is 0 Å². The molecular weight excluding hydrogens is 559 g/mol. The molecule has 1 fully saturated rings. The molecule has 0 saturated heterocycles. The van der Waals surface area contributed by atoms with Crippen molar-refractivity contribution in [3.8, 4) is 39.7 Å². The molecule has 1 aliphatic rings. The van der Waals surface area contributed by atoms with E-state index in [1.165, 1.54) is 12.1 Å². The number of halogens is 1. The van der Waals surface area contributed by atoms with Gasteiger partial charge in [0.15, 0.2) is 11.5 Å². The van der Waals surface area contributed by atoms with Crippen LogP contribution in [0.3, 0.4) is 0 Å². The molecule has 1 saturated carbocycles. The first kappa shape index (κ1) is 27.7. The van der Waals surface area contributed by atoms with E-state index in [4.69, 9.17) is 14.7 Å². The highest BCUT2D eigenvalue weighted by Crippen LogP contribution is 2.34. The molecule has 3 N–H and O–H groups in total. The van der Waals surface area contributed by atoms with Crippen molar-refractivity contribution in [3.63, 3.8) is 0 Å². The first-order chi connectivity index (χ1) is 21.4. The number of hydrogen-bond donors (Lipinski definition) is 3. The van der Waals surface area contributed by atoms with E-state index in [1.54, 1.807) is 12.4 Å². The Balaban J connectivity index is 1.21. The quantitative estimate of drug-likeness (QED) is 0.187. The summed E-state index contributed by atoms with van der Waals surface area (Å²) in [6.45, 7) is 1.17. The Labute approximate surface area is 252 Å². The topological polar surface area (TPSA) is 125 Å². The zero-order chi connectivity index (χ0) is 30.2. The predicted octanol–water partition coefficient (Wildman–Crippen LogP) is 6.05. The molecule has 0 spiro atoms. The Morgan fingerprint density at radius 1 is 1.02 bits per heavy atom. The largest absolute Gasteiger partial charge is 0.492 e. The van der Waals surface area contributed by atoms with Gasteiger partial charge in [-0.15, -0.1) is 0 Å². The Bertz CT molecular complexity index is 2000. The molecule has 0 bridgehead atoms. The molecule has 222 valence electrons. The van der Waals surface area contributed by atoms with Gasteiger partial charge in [0.2, 0.25) is 5.91 Å². The van der Waals surface area contributed by atoms with Gasteiger partial charge in [0.05, 0.1) is 34.1 Å². The molecule has 1 amide bonds. The van der Waals surface area contributed by atoms with Crippen LogP contribution in [0.2, 0.25) is 0 Å². The van der Waals surface area contributed by atoms with Gasteiger partial charge in [-0.05, 0) is 68.9 Å². The number of carbonyl (C=O) groups excluding carboxylic acids is 1. The number of likely N-dealkylation sites (N-methyl/N-ethyl adjacent to an activating group) is 1. The van der Waals surface area contributed by atoms with Gasteiger partial charge in [0.1, 0.15) is 23.7 Å². The third-order valence-corrected chi connectivity index (χ3v) is 7.91. The summed E-state index contributed by atoms with van der Waals surface area (Å²) in [5.74, 6) is 0.723. The highest BCUT2D eigenvalue weighted by Gasteiger charge is 2.25. The van der Waals surface area contributed by atoms with E-state index in [1.807, 2.05) is 61.5 Å². The predicted molar refractivity (Wildman–Crippen MR) is 168 cm³/mol. The van der Waals surface area contributed by atoms with Crippen LogP contribution in [0.1, 0.15) is 19.3 Å². The van der Waals surface area contributed by atoms with E-state index in [9.17, 15) is 9.18 Å². The first-order valence-electron chi connectivity index (χ1n) is 14.6. The van der Waals surface area contributed by atoms with E-state index in [0.29, 0.717) is 51.9 Å². The van der Waals surface area contributed by atoms with Crippen molar-refractivity contribution in [2.45, 2.75) is 19.3 Å². The van der Waals surface area contributed by atoms with Crippen molar-refractivity contribution in [2.75, 3.05) is 32.6 Å². The normalized spacial score (nSPS) is 13.5. The number of rotatable bonds is 9. The summed E-state index contributed by atoms with van der Waals surface area (Å²) in [4.78, 5) is 32.0.